The van der Waals surface area contributed by atoms with Gasteiger partial charge in [-0.3, -0.25) is 9.78 Å². The van der Waals surface area contributed by atoms with Crippen molar-refractivity contribution < 1.29 is 4.79 Å². The SMILES string of the molecule is CNc1cnccc1C(=O)N(C)CCN(C)C. The van der Waals surface area contributed by atoms with Crippen LogP contribution in [0.3, 0.4) is 0 Å². The lowest BCUT2D eigenvalue weighted by Gasteiger charge is -2.20. The molecule has 0 saturated heterocycles. The van der Waals surface area contributed by atoms with E-state index in [1.54, 1.807) is 30.4 Å². The minimum atomic E-state index is 0.0126. The van der Waals surface area contributed by atoms with E-state index in [4.69, 9.17) is 0 Å². The van der Waals surface area contributed by atoms with Gasteiger partial charge in [-0.05, 0) is 20.2 Å². The minimum Gasteiger partial charge on any atom is -0.386 e. The van der Waals surface area contributed by atoms with Crippen molar-refractivity contribution in [1.29, 1.82) is 0 Å². The molecule has 5 nitrogen and oxygen atoms in total. The summed E-state index contributed by atoms with van der Waals surface area (Å²) in [5, 5.41) is 2.98. The first-order valence-corrected chi connectivity index (χ1v) is 5.58. The summed E-state index contributed by atoms with van der Waals surface area (Å²) >= 11 is 0. The number of pyridine rings is 1. The second-order valence-electron chi connectivity index (χ2n) is 4.20. The molecule has 1 aromatic heterocycles. The Bertz CT molecular complexity index is 379. The van der Waals surface area contributed by atoms with Gasteiger partial charge in [0, 0.05) is 33.4 Å². The van der Waals surface area contributed by atoms with Crippen molar-refractivity contribution >= 4 is 11.6 Å². The molecule has 0 spiro atoms. The number of carbonyl (C=O) groups is 1. The summed E-state index contributed by atoms with van der Waals surface area (Å²) in [4.78, 5) is 19.9. The molecule has 17 heavy (non-hydrogen) atoms. The smallest absolute Gasteiger partial charge is 0.255 e. The molecule has 0 aromatic carbocycles. The molecule has 0 saturated carbocycles. The van der Waals surface area contributed by atoms with Gasteiger partial charge in [0.15, 0.2) is 0 Å². The number of nitrogens with one attached hydrogen (secondary N) is 1. The van der Waals surface area contributed by atoms with Crippen LogP contribution in [0, 0.1) is 0 Å². The molecule has 0 aliphatic heterocycles. The second kappa shape index (κ2) is 6.20. The lowest BCUT2D eigenvalue weighted by molar-refractivity contribution is 0.0787. The number of hydrogen-bond donors (Lipinski definition) is 1. The summed E-state index contributed by atoms with van der Waals surface area (Å²) < 4.78 is 0. The van der Waals surface area contributed by atoms with E-state index in [0.717, 1.165) is 12.2 Å². The number of carbonyl (C=O) groups excluding carboxylic acids is 1. The third-order valence-corrected chi connectivity index (χ3v) is 2.55. The second-order valence-corrected chi connectivity index (χ2v) is 4.20. The quantitative estimate of drug-likeness (QED) is 0.820. The van der Waals surface area contributed by atoms with Crippen molar-refractivity contribution in [2.75, 3.05) is 46.6 Å². The Morgan fingerprint density at radius 1 is 1.35 bits per heavy atom. The Morgan fingerprint density at radius 2 is 2.06 bits per heavy atom. The molecule has 94 valence electrons. The van der Waals surface area contributed by atoms with Crippen LogP contribution in [0.2, 0.25) is 0 Å². The number of amides is 1. The van der Waals surface area contributed by atoms with Gasteiger partial charge in [-0.15, -0.1) is 0 Å². The van der Waals surface area contributed by atoms with E-state index in [2.05, 4.69) is 15.2 Å². The van der Waals surface area contributed by atoms with Crippen molar-refractivity contribution in [3.05, 3.63) is 24.0 Å². The average molecular weight is 236 g/mol. The maximum absolute atomic E-state index is 12.2. The van der Waals surface area contributed by atoms with E-state index in [-0.39, 0.29) is 5.91 Å². The Kier molecular flexibility index (Phi) is 4.90. The van der Waals surface area contributed by atoms with E-state index in [0.29, 0.717) is 12.1 Å². The fourth-order valence-electron chi connectivity index (χ4n) is 1.44. The summed E-state index contributed by atoms with van der Waals surface area (Å²) in [6, 6.07) is 1.74. The van der Waals surface area contributed by atoms with E-state index in [1.165, 1.54) is 0 Å². The van der Waals surface area contributed by atoms with Crippen LogP contribution >= 0.6 is 0 Å². The van der Waals surface area contributed by atoms with Crippen LogP contribution in [-0.4, -0.2) is 62.0 Å². The first kappa shape index (κ1) is 13.4. The monoisotopic (exact) mass is 236 g/mol. The van der Waals surface area contributed by atoms with Crippen LogP contribution in [0.25, 0.3) is 0 Å². The molecular weight excluding hydrogens is 216 g/mol. The molecule has 1 aromatic rings. The van der Waals surface area contributed by atoms with Crippen LogP contribution in [0.4, 0.5) is 5.69 Å². The van der Waals surface area contributed by atoms with Gasteiger partial charge >= 0.3 is 0 Å². The van der Waals surface area contributed by atoms with Gasteiger partial charge in [0.05, 0.1) is 17.4 Å². The van der Waals surface area contributed by atoms with E-state index < -0.39 is 0 Å². The summed E-state index contributed by atoms with van der Waals surface area (Å²) in [6.07, 6.45) is 3.29. The number of rotatable bonds is 5. The van der Waals surface area contributed by atoms with Gasteiger partial charge < -0.3 is 15.1 Å². The molecule has 0 atom stereocenters. The number of anilines is 1. The number of likely N-dealkylation sites (N-methyl/N-ethyl adjacent to an activating group) is 2. The third kappa shape index (κ3) is 3.71. The third-order valence-electron chi connectivity index (χ3n) is 2.55. The van der Waals surface area contributed by atoms with Crippen LogP contribution in [0.15, 0.2) is 18.5 Å². The molecule has 0 unspecified atom stereocenters. The van der Waals surface area contributed by atoms with Gasteiger partial charge in [0.25, 0.3) is 5.91 Å². The fraction of sp³-hybridized carbons (Fsp3) is 0.500. The zero-order valence-corrected chi connectivity index (χ0v) is 10.9. The molecule has 0 aliphatic rings. The van der Waals surface area contributed by atoms with Gasteiger partial charge in [0.1, 0.15) is 0 Å². The Morgan fingerprint density at radius 3 is 2.65 bits per heavy atom. The molecule has 1 heterocycles. The molecule has 0 aliphatic carbocycles. The molecule has 0 bridgehead atoms. The molecule has 0 radical (unpaired) electrons. The predicted molar refractivity (Wildman–Crippen MR) is 69.3 cm³/mol. The van der Waals surface area contributed by atoms with Gasteiger partial charge in [0.2, 0.25) is 0 Å². The van der Waals surface area contributed by atoms with Crippen molar-refractivity contribution in [2.45, 2.75) is 0 Å². The lowest BCUT2D eigenvalue weighted by atomic mass is 10.2. The van der Waals surface area contributed by atoms with Crippen LogP contribution < -0.4 is 5.32 Å². The maximum Gasteiger partial charge on any atom is 0.255 e. The molecule has 5 heteroatoms. The van der Waals surface area contributed by atoms with E-state index >= 15 is 0 Å². The Hall–Kier alpha value is -1.62. The first-order chi connectivity index (χ1) is 8.06. The highest BCUT2D eigenvalue weighted by atomic mass is 16.2. The standard InChI is InChI=1S/C12H20N4O/c1-13-11-9-14-6-5-10(11)12(17)16(4)8-7-15(2)3/h5-6,9,13H,7-8H2,1-4H3. The largest absolute Gasteiger partial charge is 0.386 e. The molecule has 1 rings (SSSR count). The van der Waals surface area contributed by atoms with Crippen LogP contribution in [0.5, 0.6) is 0 Å². The average Bonchev–Trinajstić information content (AvgIpc) is 2.34. The van der Waals surface area contributed by atoms with Crippen molar-refractivity contribution in [1.82, 2.24) is 14.8 Å². The minimum absolute atomic E-state index is 0.0126. The topological polar surface area (TPSA) is 48.5 Å². The highest BCUT2D eigenvalue weighted by Crippen LogP contribution is 2.14. The zero-order valence-electron chi connectivity index (χ0n) is 10.9. The Balaban J connectivity index is 2.74. The van der Waals surface area contributed by atoms with E-state index in [1.807, 2.05) is 21.1 Å². The molecule has 0 fully saturated rings. The van der Waals surface area contributed by atoms with Gasteiger partial charge in [-0.1, -0.05) is 0 Å². The number of nitrogens with zero attached hydrogens (tertiary/aromatic N) is 3. The van der Waals surface area contributed by atoms with Gasteiger partial charge in [-0.25, -0.2) is 0 Å². The number of aromatic nitrogens is 1. The summed E-state index contributed by atoms with van der Waals surface area (Å²) in [7, 11) is 7.58. The summed E-state index contributed by atoms with van der Waals surface area (Å²) in [5.41, 5.74) is 1.41. The predicted octanol–water partition coefficient (Wildman–Crippen LogP) is 0.757. The van der Waals surface area contributed by atoms with Crippen molar-refractivity contribution in [3.63, 3.8) is 0 Å². The van der Waals surface area contributed by atoms with Crippen molar-refractivity contribution in [3.8, 4) is 0 Å². The van der Waals surface area contributed by atoms with Crippen molar-refractivity contribution in [2.24, 2.45) is 0 Å². The fourth-order valence-corrected chi connectivity index (χ4v) is 1.44. The maximum atomic E-state index is 12.2. The van der Waals surface area contributed by atoms with Gasteiger partial charge in [-0.2, -0.15) is 0 Å². The summed E-state index contributed by atoms with van der Waals surface area (Å²) in [6.45, 7) is 1.56. The zero-order chi connectivity index (χ0) is 12.8. The highest BCUT2D eigenvalue weighted by molar-refractivity contribution is 5.99. The molecular formula is C12H20N4O. The molecule has 1 N–H and O–H groups in total. The highest BCUT2D eigenvalue weighted by Gasteiger charge is 2.14. The lowest BCUT2D eigenvalue weighted by Crippen LogP contribution is -2.33. The molecule has 1 amide bonds. The van der Waals surface area contributed by atoms with Crippen LogP contribution in [-0.2, 0) is 0 Å². The first-order valence-electron chi connectivity index (χ1n) is 5.58. The summed E-state index contributed by atoms with van der Waals surface area (Å²) in [5.74, 6) is 0.0126. The van der Waals surface area contributed by atoms with Crippen LogP contribution in [0.1, 0.15) is 10.4 Å². The van der Waals surface area contributed by atoms with E-state index in [9.17, 15) is 4.79 Å². The number of hydrogen-bond acceptors (Lipinski definition) is 4. The Labute approximate surface area is 102 Å². The normalized spacial score (nSPS) is 10.4.